The van der Waals surface area contributed by atoms with E-state index in [4.69, 9.17) is 22.2 Å². The van der Waals surface area contributed by atoms with Gasteiger partial charge in [-0.3, -0.25) is 16.1 Å². The highest BCUT2D eigenvalue weighted by Gasteiger charge is 2.30. The van der Waals surface area contributed by atoms with Gasteiger partial charge in [0, 0.05) is 5.56 Å². The molecule has 0 fully saturated rings. The fourth-order valence-electron chi connectivity index (χ4n) is 2.33. The maximum Gasteiger partial charge on any atom is 0.573 e. The summed E-state index contributed by atoms with van der Waals surface area (Å²) in [5.74, 6) is 0.517. The lowest BCUT2D eigenvalue weighted by atomic mass is 10.1. The Morgan fingerprint density at radius 3 is 2.21 bits per heavy atom. The van der Waals surface area contributed by atoms with Crippen LogP contribution in [-0.2, 0) is 6.42 Å². The molecule has 9 nitrogen and oxygen atoms in total. The monoisotopic (exact) mass is 404 g/mol. The van der Waals surface area contributed by atoms with Crippen LogP contribution in [0.4, 0.5) is 13.2 Å². The molecule has 4 N–H and O–H groups in total. The second kappa shape index (κ2) is 9.24. The minimum absolute atomic E-state index is 0.298. The van der Waals surface area contributed by atoms with Gasteiger partial charge >= 0.3 is 6.36 Å². The van der Waals surface area contributed by atoms with Crippen molar-refractivity contribution in [2.75, 3.05) is 0 Å². The molecule has 0 spiro atoms. The van der Waals surface area contributed by atoms with E-state index < -0.39 is 6.36 Å². The zero-order valence-electron chi connectivity index (χ0n) is 14.8. The molecule has 0 atom stereocenters. The summed E-state index contributed by atoms with van der Waals surface area (Å²) in [6.07, 6.45) is -2.76. The number of hydrogen-bond donors (Lipinski definition) is 2. The van der Waals surface area contributed by atoms with E-state index >= 15 is 0 Å². The van der Waals surface area contributed by atoms with Crippen molar-refractivity contribution in [3.8, 4) is 22.8 Å². The van der Waals surface area contributed by atoms with Crippen molar-refractivity contribution < 1.29 is 23.3 Å². The van der Waals surface area contributed by atoms with Gasteiger partial charge in [0.2, 0.25) is 5.84 Å². The fourth-order valence-corrected chi connectivity index (χ4v) is 2.33. The summed E-state index contributed by atoms with van der Waals surface area (Å²) in [5, 5.41) is 9.81. The van der Waals surface area contributed by atoms with Crippen LogP contribution in [0.15, 0.2) is 54.9 Å². The number of benzene rings is 2. The highest BCUT2D eigenvalue weighted by atomic mass is 19.4. The van der Waals surface area contributed by atoms with E-state index in [1.54, 1.807) is 0 Å². The van der Waals surface area contributed by atoms with Crippen molar-refractivity contribution in [2.45, 2.75) is 12.8 Å². The van der Waals surface area contributed by atoms with Crippen molar-refractivity contribution in [3.05, 3.63) is 76.4 Å². The number of halogens is 3. The highest BCUT2D eigenvalue weighted by molar-refractivity contribution is 5.76. The molecule has 0 saturated heterocycles. The molecule has 150 valence electrons. The second-order valence-corrected chi connectivity index (χ2v) is 5.59. The van der Waals surface area contributed by atoms with Crippen molar-refractivity contribution in [3.63, 3.8) is 0 Å². The van der Waals surface area contributed by atoms with Gasteiger partial charge in [0.1, 0.15) is 12.1 Å². The first-order valence-electron chi connectivity index (χ1n) is 7.94. The van der Waals surface area contributed by atoms with Gasteiger partial charge in [0.05, 0.1) is 12.1 Å². The molecule has 0 aliphatic carbocycles. The summed E-state index contributed by atoms with van der Waals surface area (Å²) in [4.78, 5) is 5.72. The van der Waals surface area contributed by atoms with Crippen LogP contribution >= 0.6 is 0 Å². The number of amidine groups is 1. The Kier molecular flexibility index (Phi) is 6.77. The van der Waals surface area contributed by atoms with E-state index in [9.17, 15) is 13.2 Å². The first kappa shape index (κ1) is 21.3. The van der Waals surface area contributed by atoms with Gasteiger partial charge in [0.25, 0.3) is 0 Å². The molecule has 0 radical (unpaired) electrons. The van der Waals surface area contributed by atoms with Gasteiger partial charge in [-0.2, -0.15) is 0 Å². The van der Waals surface area contributed by atoms with E-state index in [-0.39, 0.29) is 5.75 Å². The van der Waals surface area contributed by atoms with E-state index in [0.717, 1.165) is 11.1 Å². The van der Waals surface area contributed by atoms with Crippen molar-refractivity contribution in [1.82, 2.24) is 14.8 Å². The topological polar surface area (TPSA) is 150 Å². The maximum atomic E-state index is 12.2. The van der Waals surface area contributed by atoms with Gasteiger partial charge in [-0.1, -0.05) is 24.3 Å². The Bertz CT molecular complexity index is 991. The largest absolute Gasteiger partial charge is 0.573 e. The summed E-state index contributed by atoms with van der Waals surface area (Å²) < 4.78 is 41.9. The SMILES string of the molecule is NC(=[NH2+])Cc1ccc(-c2ncn(-c3ccc(OC(F)(F)F)cc3)n2)cc1.[N-]=[N+]=[N-]. The number of rotatable bonds is 5. The Hall–Kier alpha value is -4.05. The minimum Gasteiger partial charge on any atom is -0.406 e. The molecule has 12 heteroatoms. The second-order valence-electron chi connectivity index (χ2n) is 5.59. The number of alkyl halides is 3. The Labute approximate surface area is 162 Å². The molecule has 0 amide bonds. The van der Waals surface area contributed by atoms with Crippen molar-refractivity contribution >= 4 is 5.84 Å². The lowest BCUT2D eigenvalue weighted by Gasteiger charge is -2.09. The van der Waals surface area contributed by atoms with Gasteiger partial charge < -0.3 is 15.8 Å². The molecule has 0 saturated carbocycles. The molecular formula is C17H15F3N8O. The lowest BCUT2D eigenvalue weighted by Crippen LogP contribution is -2.46. The van der Waals surface area contributed by atoms with E-state index in [1.807, 2.05) is 24.3 Å². The van der Waals surface area contributed by atoms with Crippen molar-refractivity contribution in [2.24, 2.45) is 5.73 Å². The van der Waals surface area contributed by atoms with Gasteiger partial charge in [-0.05, 0) is 29.8 Å². The summed E-state index contributed by atoms with van der Waals surface area (Å²) in [6.45, 7) is 0. The van der Waals surface area contributed by atoms with Gasteiger partial charge in [-0.15, -0.1) is 18.3 Å². The van der Waals surface area contributed by atoms with Gasteiger partial charge in [0.15, 0.2) is 5.82 Å². The van der Waals surface area contributed by atoms with Crippen LogP contribution in [0.5, 0.6) is 5.75 Å². The summed E-state index contributed by atoms with van der Waals surface area (Å²) >= 11 is 0. The molecule has 0 unspecified atom stereocenters. The molecule has 29 heavy (non-hydrogen) atoms. The van der Waals surface area contributed by atoms with E-state index in [2.05, 4.69) is 14.8 Å². The lowest BCUT2D eigenvalue weighted by molar-refractivity contribution is -0.274. The smallest absolute Gasteiger partial charge is 0.406 e. The normalized spacial score (nSPS) is 10.4. The molecule has 1 aromatic heterocycles. The summed E-state index contributed by atoms with van der Waals surface area (Å²) in [7, 11) is 0. The third-order valence-electron chi connectivity index (χ3n) is 3.45. The van der Waals surface area contributed by atoms with Crippen LogP contribution in [0.1, 0.15) is 5.56 Å². The van der Waals surface area contributed by atoms with Crippen molar-refractivity contribution in [1.29, 1.82) is 0 Å². The molecular weight excluding hydrogens is 389 g/mol. The number of nitrogens with zero attached hydrogens (tertiary/aromatic N) is 6. The molecule has 3 rings (SSSR count). The van der Waals surface area contributed by atoms with E-state index in [0.29, 0.717) is 23.8 Å². The fraction of sp³-hybridized carbons (Fsp3) is 0.118. The molecule has 3 aromatic rings. The maximum absolute atomic E-state index is 12.2. The van der Waals surface area contributed by atoms with Crippen LogP contribution in [-0.4, -0.2) is 27.0 Å². The summed E-state index contributed by atoms with van der Waals surface area (Å²) in [5.41, 5.74) is 21.3. The third-order valence-corrected chi connectivity index (χ3v) is 3.45. The number of aromatic nitrogens is 3. The Morgan fingerprint density at radius 1 is 1.10 bits per heavy atom. The van der Waals surface area contributed by atoms with Crippen LogP contribution in [0.2, 0.25) is 0 Å². The first-order chi connectivity index (χ1) is 13.7. The average Bonchev–Trinajstić information content (AvgIpc) is 3.12. The number of nitrogens with two attached hydrogens (primary N) is 2. The molecule has 1 heterocycles. The van der Waals surface area contributed by atoms with E-state index in [1.165, 1.54) is 40.2 Å². The predicted molar refractivity (Wildman–Crippen MR) is 98.4 cm³/mol. The first-order valence-corrected chi connectivity index (χ1v) is 7.94. The molecule has 0 bridgehead atoms. The zero-order valence-corrected chi connectivity index (χ0v) is 14.8. The van der Waals surface area contributed by atoms with Crippen LogP contribution in [0.25, 0.3) is 33.0 Å². The van der Waals surface area contributed by atoms with Crippen LogP contribution in [0, 0.1) is 0 Å². The Balaban J connectivity index is 0.000000941. The van der Waals surface area contributed by atoms with Crippen LogP contribution < -0.4 is 15.9 Å². The summed E-state index contributed by atoms with van der Waals surface area (Å²) in [6, 6.07) is 12.8. The molecule has 0 aliphatic rings. The predicted octanol–water partition coefficient (Wildman–Crippen LogP) is 2.36. The standard InChI is InChI=1S/C17H14F3N5O.N3/c18-17(19,20)26-14-7-5-13(6-8-14)25-10-23-16(24-25)12-3-1-11(2-4-12)9-15(21)22;1-3-2/h1-8,10H,9H2,(H3,21,22);/q;-1/p+1. The number of ether oxygens (including phenoxy) is 1. The zero-order chi connectivity index (χ0) is 21.4. The quantitative estimate of drug-likeness (QED) is 0.220. The third kappa shape index (κ3) is 6.56. The average molecular weight is 404 g/mol. The van der Waals surface area contributed by atoms with Crippen LogP contribution in [0.3, 0.4) is 0 Å². The molecule has 2 aromatic carbocycles. The Morgan fingerprint density at radius 2 is 1.69 bits per heavy atom. The minimum atomic E-state index is -4.72. The van der Waals surface area contributed by atoms with Gasteiger partial charge in [-0.25, -0.2) is 9.67 Å². The molecule has 0 aliphatic heterocycles. The number of hydrogen-bond acceptors (Lipinski definition) is 3. The highest BCUT2D eigenvalue weighted by Crippen LogP contribution is 2.24.